The van der Waals surface area contributed by atoms with Gasteiger partial charge in [0.15, 0.2) is 9.84 Å². The highest BCUT2D eigenvalue weighted by molar-refractivity contribution is 9.10. The molecule has 0 radical (unpaired) electrons. The average Bonchev–Trinajstić information content (AvgIpc) is 2.31. The fraction of sp³-hybridized carbons (Fsp3) is 0.538. The molecule has 0 saturated heterocycles. The zero-order valence-electron chi connectivity index (χ0n) is 11.2. The molecule has 0 bridgehead atoms. The summed E-state index contributed by atoms with van der Waals surface area (Å²) in [7, 11) is -2.99. The van der Waals surface area contributed by atoms with Gasteiger partial charge in [0, 0.05) is 16.3 Å². The van der Waals surface area contributed by atoms with Crippen molar-refractivity contribution in [1.82, 2.24) is 0 Å². The Hall–Kier alpha value is -0.590. The second kappa shape index (κ2) is 7.26. The van der Waals surface area contributed by atoms with E-state index in [-0.39, 0.29) is 24.2 Å². The van der Waals surface area contributed by atoms with Crippen LogP contribution in [0.1, 0.15) is 19.4 Å². The Morgan fingerprint density at radius 2 is 2.11 bits per heavy atom. The lowest BCUT2D eigenvalue weighted by Crippen LogP contribution is -2.19. The Kier molecular flexibility index (Phi) is 6.29. The van der Waals surface area contributed by atoms with Gasteiger partial charge in [-0.1, -0.05) is 22.9 Å². The maximum Gasteiger partial charge on any atom is 0.153 e. The highest BCUT2D eigenvalue weighted by Crippen LogP contribution is 2.24. The fourth-order valence-electron chi connectivity index (χ4n) is 1.62. The summed E-state index contributed by atoms with van der Waals surface area (Å²) in [6.07, 6.45) is 0.690. The van der Waals surface area contributed by atoms with Crippen molar-refractivity contribution in [3.05, 3.63) is 28.2 Å². The van der Waals surface area contributed by atoms with Gasteiger partial charge < -0.3 is 10.5 Å². The molecule has 1 aromatic rings. The molecule has 0 aliphatic rings. The van der Waals surface area contributed by atoms with Gasteiger partial charge in [-0.25, -0.2) is 8.42 Å². The van der Waals surface area contributed by atoms with Crippen molar-refractivity contribution < 1.29 is 13.2 Å². The standard InChI is InChI=1S/C13H20BrNO3S/c1-3-19(16,17)7-6-18-13-5-4-12(14)9-11(13)8-10(2)15/h4-5,9-10H,3,6-8,15H2,1-2H3. The Morgan fingerprint density at radius 3 is 2.68 bits per heavy atom. The van der Waals surface area contributed by atoms with Crippen LogP contribution in [0.15, 0.2) is 22.7 Å². The van der Waals surface area contributed by atoms with E-state index in [1.54, 1.807) is 6.92 Å². The highest BCUT2D eigenvalue weighted by Gasteiger charge is 2.10. The quantitative estimate of drug-likeness (QED) is 0.818. The van der Waals surface area contributed by atoms with Crippen molar-refractivity contribution in [2.45, 2.75) is 26.3 Å². The minimum atomic E-state index is -2.99. The largest absolute Gasteiger partial charge is 0.492 e. The monoisotopic (exact) mass is 349 g/mol. The molecular weight excluding hydrogens is 330 g/mol. The Labute approximate surface area is 123 Å². The van der Waals surface area contributed by atoms with Gasteiger partial charge in [0.05, 0.1) is 5.75 Å². The summed E-state index contributed by atoms with van der Waals surface area (Å²) in [5.41, 5.74) is 6.78. The summed E-state index contributed by atoms with van der Waals surface area (Å²) in [5, 5.41) is 0. The van der Waals surface area contributed by atoms with Gasteiger partial charge in [0.2, 0.25) is 0 Å². The summed E-state index contributed by atoms with van der Waals surface area (Å²) < 4.78 is 29.3. The van der Waals surface area contributed by atoms with Gasteiger partial charge in [-0.2, -0.15) is 0 Å². The summed E-state index contributed by atoms with van der Waals surface area (Å²) in [4.78, 5) is 0. The van der Waals surface area contributed by atoms with Gasteiger partial charge in [-0.15, -0.1) is 0 Å². The first-order valence-electron chi connectivity index (χ1n) is 6.21. The molecule has 1 aromatic carbocycles. The molecule has 0 amide bonds. The first kappa shape index (κ1) is 16.5. The molecule has 19 heavy (non-hydrogen) atoms. The number of halogens is 1. The van der Waals surface area contributed by atoms with E-state index < -0.39 is 9.84 Å². The molecule has 6 heteroatoms. The second-order valence-electron chi connectivity index (χ2n) is 4.52. The third-order valence-electron chi connectivity index (χ3n) is 2.66. The number of hydrogen-bond acceptors (Lipinski definition) is 4. The van der Waals surface area contributed by atoms with Gasteiger partial charge in [0.25, 0.3) is 0 Å². The van der Waals surface area contributed by atoms with E-state index in [0.29, 0.717) is 12.2 Å². The summed E-state index contributed by atoms with van der Waals surface area (Å²) in [6, 6.07) is 5.68. The predicted octanol–water partition coefficient (Wildman–Crippen LogP) is 2.15. The van der Waals surface area contributed by atoms with Crippen LogP contribution in [0.5, 0.6) is 5.75 Å². The molecule has 0 aromatic heterocycles. The van der Waals surface area contributed by atoms with E-state index in [9.17, 15) is 8.42 Å². The molecule has 0 fully saturated rings. The number of ether oxygens (including phenoxy) is 1. The van der Waals surface area contributed by atoms with Crippen LogP contribution in [0.25, 0.3) is 0 Å². The molecule has 0 spiro atoms. The minimum absolute atomic E-state index is 0.0241. The third-order valence-corrected chi connectivity index (χ3v) is 4.82. The summed E-state index contributed by atoms with van der Waals surface area (Å²) >= 11 is 3.41. The number of hydrogen-bond donors (Lipinski definition) is 1. The van der Waals surface area contributed by atoms with Crippen LogP contribution < -0.4 is 10.5 Å². The molecule has 0 saturated carbocycles. The summed E-state index contributed by atoms with van der Waals surface area (Å²) in [6.45, 7) is 3.73. The van der Waals surface area contributed by atoms with Gasteiger partial charge >= 0.3 is 0 Å². The highest BCUT2D eigenvalue weighted by atomic mass is 79.9. The molecule has 2 N–H and O–H groups in total. The second-order valence-corrected chi connectivity index (χ2v) is 7.91. The smallest absolute Gasteiger partial charge is 0.153 e. The zero-order valence-corrected chi connectivity index (χ0v) is 13.6. The lowest BCUT2D eigenvalue weighted by molar-refractivity contribution is 0.336. The molecule has 0 heterocycles. The molecule has 1 atom stereocenters. The summed E-state index contributed by atoms with van der Waals surface area (Å²) in [5.74, 6) is 0.882. The first-order chi connectivity index (χ1) is 8.84. The number of benzene rings is 1. The van der Waals surface area contributed by atoms with E-state index in [4.69, 9.17) is 10.5 Å². The normalized spacial score (nSPS) is 13.3. The maximum atomic E-state index is 11.4. The van der Waals surface area contributed by atoms with Crippen LogP contribution in [0.4, 0.5) is 0 Å². The van der Waals surface area contributed by atoms with Crippen LogP contribution in [-0.2, 0) is 16.3 Å². The minimum Gasteiger partial charge on any atom is -0.492 e. The van der Waals surface area contributed by atoms with Crippen LogP contribution in [-0.4, -0.2) is 32.6 Å². The Morgan fingerprint density at radius 1 is 1.42 bits per heavy atom. The van der Waals surface area contributed by atoms with E-state index >= 15 is 0 Å². The van der Waals surface area contributed by atoms with Crippen LogP contribution >= 0.6 is 15.9 Å². The molecule has 1 rings (SSSR count). The lowest BCUT2D eigenvalue weighted by atomic mass is 10.1. The van der Waals surface area contributed by atoms with E-state index in [2.05, 4.69) is 15.9 Å². The molecule has 4 nitrogen and oxygen atoms in total. The van der Waals surface area contributed by atoms with E-state index in [1.807, 2.05) is 25.1 Å². The predicted molar refractivity (Wildman–Crippen MR) is 81.3 cm³/mol. The Balaban J connectivity index is 2.72. The van der Waals surface area contributed by atoms with Crippen LogP contribution in [0.3, 0.4) is 0 Å². The maximum absolute atomic E-state index is 11.4. The van der Waals surface area contributed by atoms with Crippen LogP contribution in [0.2, 0.25) is 0 Å². The topological polar surface area (TPSA) is 69.4 Å². The average molecular weight is 350 g/mol. The number of rotatable bonds is 7. The zero-order chi connectivity index (χ0) is 14.5. The van der Waals surface area contributed by atoms with Crippen LogP contribution in [0, 0.1) is 0 Å². The molecule has 0 aliphatic heterocycles. The lowest BCUT2D eigenvalue weighted by Gasteiger charge is -2.13. The van der Waals surface area contributed by atoms with Gasteiger partial charge in [-0.3, -0.25) is 0 Å². The fourth-order valence-corrected chi connectivity index (χ4v) is 2.65. The molecular formula is C13H20BrNO3S. The first-order valence-corrected chi connectivity index (χ1v) is 8.82. The van der Waals surface area contributed by atoms with E-state index in [0.717, 1.165) is 10.0 Å². The number of nitrogens with two attached hydrogens (primary N) is 1. The molecule has 108 valence electrons. The molecule has 0 aliphatic carbocycles. The van der Waals surface area contributed by atoms with Crippen molar-refractivity contribution in [1.29, 1.82) is 0 Å². The molecule has 1 unspecified atom stereocenters. The SMILES string of the molecule is CCS(=O)(=O)CCOc1ccc(Br)cc1CC(C)N. The van der Waals surface area contributed by atoms with Crippen molar-refractivity contribution in [2.24, 2.45) is 5.73 Å². The van der Waals surface area contributed by atoms with E-state index in [1.165, 1.54) is 0 Å². The number of sulfone groups is 1. The van der Waals surface area contributed by atoms with Gasteiger partial charge in [0.1, 0.15) is 12.4 Å². The van der Waals surface area contributed by atoms with Gasteiger partial charge in [-0.05, 0) is 37.1 Å². The Bertz CT molecular complexity index is 515. The van der Waals surface area contributed by atoms with Crippen molar-refractivity contribution in [3.8, 4) is 5.75 Å². The van der Waals surface area contributed by atoms with Crippen molar-refractivity contribution in [2.75, 3.05) is 18.1 Å². The van der Waals surface area contributed by atoms with Crippen molar-refractivity contribution >= 4 is 25.8 Å². The third kappa shape index (κ3) is 5.93. The van der Waals surface area contributed by atoms with Crippen molar-refractivity contribution in [3.63, 3.8) is 0 Å².